The Hall–Kier alpha value is -1.84. The summed E-state index contributed by atoms with van der Waals surface area (Å²) in [5.74, 6) is -0.365. The van der Waals surface area contributed by atoms with E-state index in [-0.39, 0.29) is 11.6 Å². The molecule has 0 radical (unpaired) electrons. The third kappa shape index (κ3) is 3.84. The number of nitro benzene ring substituents is 1. The molecular formula is C12H11BrN4O3S. The van der Waals surface area contributed by atoms with Crippen LogP contribution >= 0.6 is 27.3 Å². The molecule has 21 heavy (non-hydrogen) atoms. The molecule has 0 aliphatic carbocycles. The molecule has 2 rings (SSSR count). The van der Waals surface area contributed by atoms with E-state index in [4.69, 9.17) is 5.73 Å². The molecule has 2 aromatic rings. The number of nitrogens with one attached hydrogen (secondary N) is 1. The summed E-state index contributed by atoms with van der Waals surface area (Å²) in [6, 6.07) is 4.26. The quantitative estimate of drug-likeness (QED) is 0.620. The van der Waals surface area contributed by atoms with Gasteiger partial charge in [0.2, 0.25) is 0 Å². The van der Waals surface area contributed by atoms with Crippen LogP contribution in [0.3, 0.4) is 0 Å². The Morgan fingerprint density at radius 3 is 2.90 bits per heavy atom. The van der Waals surface area contributed by atoms with Crippen LogP contribution in [0.5, 0.6) is 0 Å². The van der Waals surface area contributed by atoms with Crippen molar-refractivity contribution < 1.29 is 9.72 Å². The number of carbonyl (C=O) groups excluding carboxylic acids is 1. The van der Waals surface area contributed by atoms with Crippen LogP contribution in [0.1, 0.15) is 15.5 Å². The highest BCUT2D eigenvalue weighted by Crippen LogP contribution is 2.27. The number of hydrogen-bond acceptors (Lipinski definition) is 6. The second-order valence-electron chi connectivity index (χ2n) is 4.04. The third-order valence-corrected chi connectivity index (χ3v) is 4.09. The summed E-state index contributed by atoms with van der Waals surface area (Å²) in [5, 5.41) is 15.8. The molecule has 0 bridgehead atoms. The predicted molar refractivity (Wildman–Crippen MR) is 83.6 cm³/mol. The van der Waals surface area contributed by atoms with Crippen molar-refractivity contribution in [1.82, 2.24) is 4.98 Å². The zero-order valence-electron chi connectivity index (χ0n) is 10.7. The molecule has 0 spiro atoms. The van der Waals surface area contributed by atoms with Gasteiger partial charge in [-0.05, 0) is 34.6 Å². The van der Waals surface area contributed by atoms with Gasteiger partial charge in [0.05, 0.1) is 14.4 Å². The van der Waals surface area contributed by atoms with E-state index in [1.807, 2.05) is 0 Å². The number of anilines is 1. The van der Waals surface area contributed by atoms with Crippen LogP contribution in [0, 0.1) is 10.1 Å². The number of nitrogens with two attached hydrogens (primary N) is 1. The van der Waals surface area contributed by atoms with E-state index >= 15 is 0 Å². The number of hydrogen-bond donors (Lipinski definition) is 2. The van der Waals surface area contributed by atoms with Crippen molar-refractivity contribution in [2.45, 2.75) is 6.42 Å². The van der Waals surface area contributed by atoms with Crippen molar-refractivity contribution in [3.8, 4) is 0 Å². The zero-order valence-corrected chi connectivity index (χ0v) is 13.1. The van der Waals surface area contributed by atoms with E-state index in [2.05, 4.69) is 26.2 Å². The van der Waals surface area contributed by atoms with Crippen LogP contribution in [0.2, 0.25) is 0 Å². The van der Waals surface area contributed by atoms with Crippen molar-refractivity contribution in [3.05, 3.63) is 48.9 Å². The molecule has 1 amide bonds. The molecule has 1 aromatic carbocycles. The fourth-order valence-corrected chi connectivity index (χ4v) is 2.90. The molecule has 0 unspecified atom stereocenters. The van der Waals surface area contributed by atoms with Gasteiger partial charge < -0.3 is 11.1 Å². The molecule has 0 saturated carbocycles. The molecule has 7 nitrogen and oxygen atoms in total. The first kappa shape index (κ1) is 15.5. The molecule has 0 fully saturated rings. The van der Waals surface area contributed by atoms with E-state index in [1.165, 1.54) is 29.5 Å². The second-order valence-corrected chi connectivity index (χ2v) is 5.84. The number of rotatable bonds is 5. The monoisotopic (exact) mass is 370 g/mol. The molecule has 3 N–H and O–H groups in total. The third-order valence-electron chi connectivity index (χ3n) is 2.54. The summed E-state index contributed by atoms with van der Waals surface area (Å²) >= 11 is 4.47. The number of nitro groups is 1. The highest BCUT2D eigenvalue weighted by Gasteiger charge is 2.14. The first-order chi connectivity index (χ1) is 10.0. The molecule has 9 heteroatoms. The number of aromatic nitrogens is 1. The van der Waals surface area contributed by atoms with Crippen LogP contribution in [-0.4, -0.2) is 22.4 Å². The SMILES string of the molecule is NCCc1nc(C(=O)Nc2ccc([N+](=O)[O-])c(Br)c2)cs1. The smallest absolute Gasteiger partial charge is 0.283 e. The molecule has 0 aliphatic heterocycles. The van der Waals surface area contributed by atoms with Gasteiger partial charge in [0.25, 0.3) is 11.6 Å². The van der Waals surface area contributed by atoms with Crippen LogP contribution in [0.15, 0.2) is 28.1 Å². The van der Waals surface area contributed by atoms with E-state index < -0.39 is 4.92 Å². The normalized spacial score (nSPS) is 10.4. The number of amides is 1. The highest BCUT2D eigenvalue weighted by molar-refractivity contribution is 9.10. The minimum absolute atomic E-state index is 0.0631. The molecular weight excluding hydrogens is 360 g/mol. The minimum Gasteiger partial charge on any atom is -0.330 e. The Balaban J connectivity index is 2.11. The molecule has 0 atom stereocenters. The van der Waals surface area contributed by atoms with Gasteiger partial charge in [-0.2, -0.15) is 0 Å². The first-order valence-corrected chi connectivity index (χ1v) is 7.58. The van der Waals surface area contributed by atoms with Crippen LogP contribution < -0.4 is 11.1 Å². The maximum atomic E-state index is 12.0. The van der Waals surface area contributed by atoms with Gasteiger partial charge >= 0.3 is 0 Å². The fourth-order valence-electron chi connectivity index (χ4n) is 1.58. The summed E-state index contributed by atoms with van der Waals surface area (Å²) < 4.78 is 0.299. The van der Waals surface area contributed by atoms with Gasteiger partial charge in [0, 0.05) is 23.6 Å². The summed E-state index contributed by atoms with van der Waals surface area (Å²) in [6.45, 7) is 0.476. The molecule has 0 saturated heterocycles. The van der Waals surface area contributed by atoms with Gasteiger partial charge in [-0.1, -0.05) is 0 Å². The van der Waals surface area contributed by atoms with Gasteiger partial charge in [-0.3, -0.25) is 14.9 Å². The van der Waals surface area contributed by atoms with Crippen molar-refractivity contribution in [2.75, 3.05) is 11.9 Å². The number of benzene rings is 1. The van der Waals surface area contributed by atoms with Crippen LogP contribution in [-0.2, 0) is 6.42 Å². The van der Waals surface area contributed by atoms with Crippen molar-refractivity contribution in [3.63, 3.8) is 0 Å². The van der Waals surface area contributed by atoms with Crippen molar-refractivity contribution in [2.24, 2.45) is 5.73 Å². The maximum absolute atomic E-state index is 12.0. The lowest BCUT2D eigenvalue weighted by Gasteiger charge is -2.04. The van der Waals surface area contributed by atoms with E-state index in [0.717, 1.165) is 5.01 Å². The van der Waals surface area contributed by atoms with Crippen molar-refractivity contribution >= 4 is 44.5 Å². The lowest BCUT2D eigenvalue weighted by atomic mass is 10.3. The van der Waals surface area contributed by atoms with Gasteiger partial charge in [0.15, 0.2) is 0 Å². The predicted octanol–water partition coefficient (Wildman–Crippen LogP) is 2.57. The minimum atomic E-state index is -0.505. The Labute approximate surface area is 132 Å². The summed E-state index contributed by atoms with van der Waals surface area (Å²) in [6.07, 6.45) is 0.626. The summed E-state index contributed by atoms with van der Waals surface area (Å²) in [4.78, 5) is 26.4. The van der Waals surface area contributed by atoms with E-state index in [9.17, 15) is 14.9 Å². The molecule has 110 valence electrons. The zero-order chi connectivity index (χ0) is 15.4. The first-order valence-electron chi connectivity index (χ1n) is 5.91. The lowest BCUT2D eigenvalue weighted by Crippen LogP contribution is -2.13. The standard InChI is InChI=1S/C12H11BrN4O3S/c13-8-5-7(1-2-10(8)17(19)20)15-12(18)9-6-21-11(16-9)3-4-14/h1-2,5-6H,3-4,14H2,(H,15,18). The number of nitrogens with zero attached hydrogens (tertiary/aromatic N) is 2. The van der Waals surface area contributed by atoms with Gasteiger partial charge in [-0.25, -0.2) is 4.98 Å². The van der Waals surface area contributed by atoms with Gasteiger partial charge in [0.1, 0.15) is 5.69 Å². The molecule has 1 aromatic heterocycles. The van der Waals surface area contributed by atoms with E-state index in [0.29, 0.717) is 28.8 Å². The Morgan fingerprint density at radius 1 is 1.52 bits per heavy atom. The summed E-state index contributed by atoms with van der Waals surface area (Å²) in [7, 11) is 0. The summed E-state index contributed by atoms with van der Waals surface area (Å²) in [5.41, 5.74) is 6.12. The average molecular weight is 371 g/mol. The van der Waals surface area contributed by atoms with Crippen LogP contribution in [0.25, 0.3) is 0 Å². The Morgan fingerprint density at radius 2 is 2.29 bits per heavy atom. The number of thiazole rings is 1. The average Bonchev–Trinajstić information content (AvgIpc) is 2.87. The highest BCUT2D eigenvalue weighted by atomic mass is 79.9. The second kappa shape index (κ2) is 6.74. The molecule has 0 aliphatic rings. The van der Waals surface area contributed by atoms with Crippen LogP contribution in [0.4, 0.5) is 11.4 Å². The number of carbonyl (C=O) groups is 1. The fraction of sp³-hybridized carbons (Fsp3) is 0.167. The van der Waals surface area contributed by atoms with Gasteiger partial charge in [-0.15, -0.1) is 11.3 Å². The molecule has 1 heterocycles. The Bertz CT molecular complexity index is 689. The largest absolute Gasteiger partial charge is 0.330 e. The number of halogens is 1. The Kier molecular flexibility index (Phi) is 4.99. The maximum Gasteiger partial charge on any atom is 0.283 e. The van der Waals surface area contributed by atoms with Crippen molar-refractivity contribution in [1.29, 1.82) is 0 Å². The lowest BCUT2D eigenvalue weighted by molar-refractivity contribution is -0.385. The topological polar surface area (TPSA) is 111 Å². The van der Waals surface area contributed by atoms with E-state index in [1.54, 1.807) is 5.38 Å².